The molecule has 2 aliphatic rings. The molecule has 1 unspecified atom stereocenters. The van der Waals surface area contributed by atoms with E-state index in [9.17, 15) is 23.1 Å². The summed E-state index contributed by atoms with van der Waals surface area (Å²) < 4.78 is 38.5. The van der Waals surface area contributed by atoms with Crippen LogP contribution in [0, 0.1) is 11.8 Å². The average molecular weight is 482 g/mol. The first-order valence-electron chi connectivity index (χ1n) is 11.9. The van der Waals surface area contributed by atoms with Crippen molar-refractivity contribution in [3.05, 3.63) is 30.0 Å². The number of rotatable bonds is 6. The minimum Gasteiger partial charge on any atom is -0.393 e. The number of nitrogens with one attached hydrogen (secondary N) is 3. The van der Waals surface area contributed by atoms with Crippen LogP contribution in [0.4, 0.5) is 19.0 Å². The van der Waals surface area contributed by atoms with Gasteiger partial charge in [0, 0.05) is 23.9 Å². The van der Waals surface area contributed by atoms with Crippen molar-refractivity contribution in [3.8, 4) is 0 Å². The zero-order valence-electron chi connectivity index (χ0n) is 19.7. The molecule has 0 radical (unpaired) electrons. The highest BCUT2D eigenvalue weighted by Crippen LogP contribution is 2.33. The molecule has 1 aromatic carbocycles. The van der Waals surface area contributed by atoms with Crippen LogP contribution in [0.2, 0.25) is 0 Å². The summed E-state index contributed by atoms with van der Waals surface area (Å²) in [5, 5.41) is 26.6. The van der Waals surface area contributed by atoms with E-state index < -0.39 is 11.7 Å². The van der Waals surface area contributed by atoms with E-state index in [1.165, 1.54) is 44.4 Å². The van der Waals surface area contributed by atoms with Gasteiger partial charge in [-0.25, -0.2) is 0 Å². The highest BCUT2D eigenvalue weighted by molar-refractivity contribution is 5.93. The van der Waals surface area contributed by atoms with E-state index in [4.69, 9.17) is 0 Å². The maximum atomic E-state index is 12.8. The second kappa shape index (κ2) is 11.8. The number of aliphatic hydroxyl groups is 1. The van der Waals surface area contributed by atoms with Crippen LogP contribution < -0.4 is 16.0 Å². The maximum absolute atomic E-state index is 12.8. The number of alkyl halides is 3. The number of aliphatic hydroxyl groups excluding tert-OH is 1. The molecule has 1 aliphatic heterocycles. The number of hydrogen-bond acceptors (Lipinski definition) is 6. The minimum atomic E-state index is -4.44. The van der Waals surface area contributed by atoms with Gasteiger partial charge in [0.2, 0.25) is 5.91 Å². The third-order valence-corrected chi connectivity index (χ3v) is 6.37. The summed E-state index contributed by atoms with van der Waals surface area (Å²) in [5.74, 6) is 0.944. The van der Waals surface area contributed by atoms with E-state index in [-0.39, 0.29) is 35.8 Å². The topological polar surface area (TPSA) is 99.2 Å². The molecule has 188 valence electrons. The fourth-order valence-corrected chi connectivity index (χ4v) is 4.24. The molecule has 1 aliphatic carbocycles. The average Bonchev–Trinajstić information content (AvgIpc) is 2.79. The van der Waals surface area contributed by atoms with Gasteiger partial charge in [0.25, 0.3) is 0 Å². The maximum Gasteiger partial charge on any atom is 0.416 e. The Balaban J connectivity index is 0.000000248. The highest BCUT2D eigenvalue weighted by Gasteiger charge is 2.30. The summed E-state index contributed by atoms with van der Waals surface area (Å²) >= 11 is 0. The monoisotopic (exact) mass is 481 g/mol. The minimum absolute atomic E-state index is 0.0460. The Labute approximate surface area is 197 Å². The van der Waals surface area contributed by atoms with Crippen molar-refractivity contribution < 1.29 is 23.1 Å². The van der Waals surface area contributed by atoms with Gasteiger partial charge in [-0.15, -0.1) is 5.10 Å². The lowest BCUT2D eigenvalue weighted by Gasteiger charge is -2.28. The molecular weight excluding hydrogens is 447 g/mol. The van der Waals surface area contributed by atoms with Crippen molar-refractivity contribution in [2.24, 2.45) is 11.8 Å². The molecular formula is C24H34F3N5O2. The summed E-state index contributed by atoms with van der Waals surface area (Å²) in [6.45, 7) is 5.57. The quantitative estimate of drug-likeness (QED) is 0.502. The van der Waals surface area contributed by atoms with Crippen LogP contribution in [0.3, 0.4) is 0 Å². The van der Waals surface area contributed by atoms with Crippen molar-refractivity contribution in [3.63, 3.8) is 0 Å². The van der Waals surface area contributed by atoms with Crippen molar-refractivity contribution >= 4 is 22.5 Å². The molecule has 2 heterocycles. The Bertz CT molecular complexity index is 944. The molecule has 7 nitrogen and oxygen atoms in total. The van der Waals surface area contributed by atoms with Gasteiger partial charge in [0.15, 0.2) is 5.82 Å². The smallest absolute Gasteiger partial charge is 0.393 e. The van der Waals surface area contributed by atoms with Crippen LogP contribution in [-0.4, -0.2) is 53.0 Å². The van der Waals surface area contributed by atoms with Crippen LogP contribution in [0.5, 0.6) is 0 Å². The normalized spacial score (nSPS) is 18.1. The molecule has 34 heavy (non-hydrogen) atoms. The Morgan fingerprint density at radius 2 is 1.91 bits per heavy atom. The van der Waals surface area contributed by atoms with Crippen LogP contribution in [-0.2, 0) is 11.0 Å². The van der Waals surface area contributed by atoms with Crippen molar-refractivity contribution in [2.45, 2.75) is 64.3 Å². The lowest BCUT2D eigenvalue weighted by atomic mass is 9.81. The number of aromatic nitrogens is 2. The summed E-state index contributed by atoms with van der Waals surface area (Å²) in [6.07, 6.45) is 3.42. The molecule has 0 bridgehead atoms. The first-order valence-corrected chi connectivity index (χ1v) is 11.9. The predicted octanol–water partition coefficient (Wildman–Crippen LogP) is 3.73. The van der Waals surface area contributed by atoms with E-state index in [1.54, 1.807) is 0 Å². The number of benzene rings is 1. The molecule has 4 N–H and O–H groups in total. The molecule has 1 aromatic heterocycles. The summed E-state index contributed by atoms with van der Waals surface area (Å²) in [6, 6.07) is 3.42. The summed E-state index contributed by atoms with van der Waals surface area (Å²) in [5.41, 5.74) is -0.772. The van der Waals surface area contributed by atoms with Gasteiger partial charge in [0.1, 0.15) is 0 Å². The second-order valence-electron chi connectivity index (χ2n) is 9.40. The number of nitrogens with zero attached hydrogens (tertiary/aromatic N) is 2. The van der Waals surface area contributed by atoms with E-state index in [0.717, 1.165) is 25.2 Å². The predicted molar refractivity (Wildman–Crippen MR) is 125 cm³/mol. The van der Waals surface area contributed by atoms with Gasteiger partial charge in [-0.05, 0) is 36.8 Å². The lowest BCUT2D eigenvalue weighted by molar-refractivity contribution is -0.137. The molecule has 1 atom stereocenters. The molecule has 2 fully saturated rings. The van der Waals surface area contributed by atoms with Crippen LogP contribution in [0.25, 0.3) is 10.8 Å². The first kappa shape index (κ1) is 26.2. The highest BCUT2D eigenvalue weighted by atomic mass is 19.4. The first-order chi connectivity index (χ1) is 16.1. The zero-order valence-corrected chi connectivity index (χ0v) is 19.7. The van der Waals surface area contributed by atoms with Gasteiger partial charge >= 0.3 is 6.18 Å². The summed E-state index contributed by atoms with van der Waals surface area (Å²) in [7, 11) is 0. The van der Waals surface area contributed by atoms with Crippen LogP contribution >= 0.6 is 0 Å². The third kappa shape index (κ3) is 7.27. The van der Waals surface area contributed by atoms with Crippen LogP contribution in [0.1, 0.15) is 51.5 Å². The van der Waals surface area contributed by atoms with Gasteiger partial charge < -0.3 is 21.1 Å². The van der Waals surface area contributed by atoms with Gasteiger partial charge in [-0.2, -0.15) is 18.3 Å². The summed E-state index contributed by atoms with van der Waals surface area (Å²) in [4.78, 5) is 11.8. The number of amides is 1. The Morgan fingerprint density at radius 3 is 2.50 bits per heavy atom. The zero-order chi connectivity index (χ0) is 24.7. The van der Waals surface area contributed by atoms with Gasteiger partial charge in [-0.3, -0.25) is 4.79 Å². The number of carbonyl (C=O) groups is 1. The molecule has 0 spiro atoms. The standard InChI is InChI=1S/C14H14F3N5O.C10H20O/c15-14(16,17)9-2-1-8-4-20-22-13(11(8)3-9)19-7-12(23)21-10-5-18-6-10;1-8(2)10(11)9-6-4-3-5-7-9/h1-4,10,18H,5-7H2,(H,19,22)(H,21,23);8-11H,3-7H2,1-2H3. The van der Waals surface area contributed by atoms with E-state index in [0.29, 0.717) is 17.2 Å². The molecule has 2 aromatic rings. The Morgan fingerprint density at radius 1 is 1.21 bits per heavy atom. The number of hydrogen-bond donors (Lipinski definition) is 4. The molecule has 1 saturated carbocycles. The fourth-order valence-electron chi connectivity index (χ4n) is 4.24. The van der Waals surface area contributed by atoms with Crippen molar-refractivity contribution in [2.75, 3.05) is 25.0 Å². The Hall–Kier alpha value is -2.46. The Kier molecular flexibility index (Phi) is 9.07. The van der Waals surface area contributed by atoms with E-state index in [2.05, 4.69) is 40.0 Å². The van der Waals surface area contributed by atoms with Gasteiger partial charge in [0.05, 0.1) is 30.5 Å². The number of carbonyl (C=O) groups excluding carboxylic acids is 1. The molecule has 1 amide bonds. The second-order valence-corrected chi connectivity index (χ2v) is 9.40. The van der Waals surface area contributed by atoms with Crippen LogP contribution in [0.15, 0.2) is 24.4 Å². The number of halogens is 3. The number of anilines is 1. The van der Waals surface area contributed by atoms with Crippen molar-refractivity contribution in [1.82, 2.24) is 20.8 Å². The van der Waals surface area contributed by atoms with Gasteiger partial charge in [-0.1, -0.05) is 39.2 Å². The lowest BCUT2D eigenvalue weighted by Crippen LogP contribution is -2.57. The van der Waals surface area contributed by atoms with E-state index in [1.807, 2.05) is 0 Å². The fraction of sp³-hybridized carbons (Fsp3) is 0.625. The molecule has 4 rings (SSSR count). The molecule has 1 saturated heterocycles. The number of fused-ring (bicyclic) bond motifs is 1. The van der Waals surface area contributed by atoms with E-state index >= 15 is 0 Å². The SMILES string of the molecule is CC(C)C(O)C1CCCCC1.O=C(CNc1nncc2ccc(C(F)(F)F)cc12)NC1CNC1. The molecule has 10 heteroatoms. The van der Waals surface area contributed by atoms with Crippen molar-refractivity contribution in [1.29, 1.82) is 0 Å². The largest absolute Gasteiger partial charge is 0.416 e. The third-order valence-electron chi connectivity index (χ3n) is 6.37.